The molecule has 0 aliphatic rings. The molecule has 9 heteroatoms. The van der Waals surface area contributed by atoms with Gasteiger partial charge >= 0.3 is 12.1 Å². The Kier molecular flexibility index (Phi) is 4.98. The largest absolute Gasteiger partial charge is 0.462 e. The molecule has 0 aliphatic heterocycles. The van der Waals surface area contributed by atoms with E-state index in [0.717, 1.165) is 0 Å². The number of hydrogen-bond donors (Lipinski definition) is 1. The Balaban J connectivity index is 3.50. The van der Waals surface area contributed by atoms with Crippen molar-refractivity contribution < 1.29 is 31.5 Å². The predicted octanol–water partition coefficient (Wildman–Crippen LogP) is 2.67. The number of nitrogens with zero attached hydrogens (tertiary/aromatic N) is 1. The van der Waals surface area contributed by atoms with Crippen molar-refractivity contribution in [2.45, 2.75) is 26.1 Å². The molecule has 20 heavy (non-hydrogen) atoms. The van der Waals surface area contributed by atoms with Gasteiger partial charge in [-0.2, -0.15) is 13.2 Å². The molecular formula is C11H11F5N2O2. The number of rotatable bonds is 4. The first kappa shape index (κ1) is 16.3. The number of carbonyl (C=O) groups is 1. The maximum Gasteiger partial charge on any atom is 0.418 e. The van der Waals surface area contributed by atoms with Gasteiger partial charge in [-0.3, -0.25) is 0 Å². The number of halogens is 5. The SMILES string of the molecule is CCOC(=O)c1cc(C(F)(F)F)c(C(F)F)nc1CN. The van der Waals surface area contributed by atoms with E-state index in [9.17, 15) is 26.7 Å². The van der Waals surface area contributed by atoms with Crippen LogP contribution in [0.5, 0.6) is 0 Å². The van der Waals surface area contributed by atoms with Gasteiger partial charge in [0.15, 0.2) is 0 Å². The Morgan fingerprint density at radius 1 is 1.45 bits per heavy atom. The van der Waals surface area contributed by atoms with E-state index >= 15 is 0 Å². The third-order valence-corrected chi connectivity index (χ3v) is 2.33. The summed E-state index contributed by atoms with van der Waals surface area (Å²) >= 11 is 0. The summed E-state index contributed by atoms with van der Waals surface area (Å²) in [6.07, 6.45) is -8.50. The fraction of sp³-hybridized carbons (Fsp3) is 0.455. The quantitative estimate of drug-likeness (QED) is 0.685. The number of pyridine rings is 1. The molecule has 2 N–H and O–H groups in total. The van der Waals surface area contributed by atoms with Gasteiger partial charge in [0.1, 0.15) is 5.69 Å². The summed E-state index contributed by atoms with van der Waals surface area (Å²) in [5.74, 6) is -1.09. The zero-order chi connectivity index (χ0) is 15.5. The lowest BCUT2D eigenvalue weighted by Gasteiger charge is -2.15. The van der Waals surface area contributed by atoms with Gasteiger partial charge in [-0.05, 0) is 13.0 Å². The molecule has 4 nitrogen and oxygen atoms in total. The second-order valence-corrected chi connectivity index (χ2v) is 3.64. The van der Waals surface area contributed by atoms with E-state index in [0.29, 0.717) is 6.07 Å². The van der Waals surface area contributed by atoms with Crippen LogP contribution in [-0.4, -0.2) is 17.6 Å². The molecule has 0 bridgehead atoms. The highest BCUT2D eigenvalue weighted by atomic mass is 19.4. The van der Waals surface area contributed by atoms with E-state index in [2.05, 4.69) is 9.72 Å². The zero-order valence-corrected chi connectivity index (χ0v) is 10.3. The summed E-state index contributed by atoms with van der Waals surface area (Å²) in [4.78, 5) is 14.7. The number of hydrogen-bond acceptors (Lipinski definition) is 4. The highest BCUT2D eigenvalue weighted by molar-refractivity contribution is 5.91. The van der Waals surface area contributed by atoms with Gasteiger partial charge < -0.3 is 10.5 Å². The topological polar surface area (TPSA) is 65.2 Å². The van der Waals surface area contributed by atoms with Gasteiger partial charge in [-0.1, -0.05) is 0 Å². The molecule has 1 heterocycles. The Morgan fingerprint density at radius 3 is 2.45 bits per heavy atom. The van der Waals surface area contributed by atoms with Gasteiger partial charge in [-0.25, -0.2) is 18.6 Å². The van der Waals surface area contributed by atoms with Gasteiger partial charge in [0, 0.05) is 6.54 Å². The molecular weight excluding hydrogens is 287 g/mol. The van der Waals surface area contributed by atoms with Gasteiger partial charge in [0.2, 0.25) is 0 Å². The molecule has 112 valence electrons. The van der Waals surface area contributed by atoms with Crippen molar-refractivity contribution in [3.63, 3.8) is 0 Å². The van der Waals surface area contributed by atoms with Crippen molar-refractivity contribution in [3.05, 3.63) is 28.6 Å². The number of alkyl halides is 5. The zero-order valence-electron chi connectivity index (χ0n) is 10.3. The third kappa shape index (κ3) is 3.41. The van der Waals surface area contributed by atoms with Crippen LogP contribution >= 0.6 is 0 Å². The average Bonchev–Trinajstić information content (AvgIpc) is 2.36. The van der Waals surface area contributed by atoms with E-state index in [4.69, 9.17) is 5.73 Å². The minimum atomic E-state index is -5.06. The minimum absolute atomic E-state index is 0.0825. The maximum atomic E-state index is 12.7. The highest BCUT2D eigenvalue weighted by Gasteiger charge is 2.38. The van der Waals surface area contributed by atoms with Crippen LogP contribution in [0.2, 0.25) is 0 Å². The van der Waals surface area contributed by atoms with Gasteiger partial charge in [0.25, 0.3) is 6.43 Å². The van der Waals surface area contributed by atoms with Crippen molar-refractivity contribution in [2.75, 3.05) is 6.61 Å². The number of nitrogens with two attached hydrogens (primary N) is 1. The summed E-state index contributed by atoms with van der Waals surface area (Å²) in [5, 5.41) is 0. The molecule has 0 aliphatic carbocycles. The third-order valence-electron chi connectivity index (χ3n) is 2.33. The minimum Gasteiger partial charge on any atom is -0.462 e. The molecule has 1 aromatic heterocycles. The number of ether oxygens (including phenoxy) is 1. The summed E-state index contributed by atoms with van der Waals surface area (Å²) in [7, 11) is 0. The molecule has 0 atom stereocenters. The molecule has 0 unspecified atom stereocenters. The van der Waals surface area contributed by atoms with Crippen LogP contribution in [0.4, 0.5) is 22.0 Å². The molecule has 0 fully saturated rings. The monoisotopic (exact) mass is 298 g/mol. The molecule has 0 amide bonds. The van der Waals surface area contributed by atoms with Crippen LogP contribution < -0.4 is 5.73 Å². The second-order valence-electron chi connectivity index (χ2n) is 3.64. The van der Waals surface area contributed by atoms with E-state index in [1.807, 2.05) is 0 Å². The van der Waals surface area contributed by atoms with Crippen LogP contribution in [0, 0.1) is 0 Å². The Bertz CT molecular complexity index is 502. The maximum absolute atomic E-state index is 12.7. The van der Waals surface area contributed by atoms with E-state index in [1.165, 1.54) is 6.92 Å². The molecule has 1 aromatic rings. The average molecular weight is 298 g/mol. The molecule has 0 radical (unpaired) electrons. The van der Waals surface area contributed by atoms with Crippen molar-refractivity contribution in [1.82, 2.24) is 4.98 Å². The smallest absolute Gasteiger partial charge is 0.418 e. The van der Waals surface area contributed by atoms with Crippen LogP contribution in [0.15, 0.2) is 6.07 Å². The normalized spacial score (nSPS) is 11.8. The summed E-state index contributed by atoms with van der Waals surface area (Å²) in [5.41, 5.74) is 1.16. The summed E-state index contributed by atoms with van der Waals surface area (Å²) in [6, 6.07) is 0.300. The highest BCUT2D eigenvalue weighted by Crippen LogP contribution is 2.36. The molecule has 1 rings (SSSR count). The van der Waals surface area contributed by atoms with Crippen LogP contribution in [-0.2, 0) is 17.5 Å². The lowest BCUT2D eigenvalue weighted by molar-refractivity contribution is -0.140. The van der Waals surface area contributed by atoms with Gasteiger partial charge in [0.05, 0.1) is 23.4 Å². The number of aromatic nitrogens is 1. The fourth-order valence-corrected chi connectivity index (χ4v) is 1.50. The first-order valence-corrected chi connectivity index (χ1v) is 5.48. The van der Waals surface area contributed by atoms with Crippen molar-refractivity contribution >= 4 is 5.97 Å². The van der Waals surface area contributed by atoms with Crippen LogP contribution in [0.1, 0.15) is 40.7 Å². The fourth-order valence-electron chi connectivity index (χ4n) is 1.50. The lowest BCUT2D eigenvalue weighted by Crippen LogP contribution is -2.19. The molecule has 0 spiro atoms. The number of carbonyl (C=O) groups excluding carboxylic acids is 1. The van der Waals surface area contributed by atoms with E-state index in [1.54, 1.807) is 0 Å². The van der Waals surface area contributed by atoms with E-state index in [-0.39, 0.29) is 12.3 Å². The lowest BCUT2D eigenvalue weighted by atomic mass is 10.1. The molecule has 0 aromatic carbocycles. The Morgan fingerprint density at radius 2 is 2.05 bits per heavy atom. The predicted molar refractivity (Wildman–Crippen MR) is 58.0 cm³/mol. The van der Waals surface area contributed by atoms with Crippen molar-refractivity contribution in [3.8, 4) is 0 Å². The Hall–Kier alpha value is -1.77. The summed E-state index contributed by atoms with van der Waals surface area (Å²) in [6.45, 7) is 0.901. The summed E-state index contributed by atoms with van der Waals surface area (Å²) < 4.78 is 68.0. The van der Waals surface area contributed by atoms with Gasteiger partial charge in [-0.15, -0.1) is 0 Å². The first-order chi connectivity index (χ1) is 9.22. The Labute approximate surface area is 110 Å². The van der Waals surface area contributed by atoms with Crippen LogP contribution in [0.25, 0.3) is 0 Å². The standard InChI is InChI=1S/C11H11F5N2O2/c1-2-20-10(19)5-3-6(11(14,15)16)8(9(12)13)18-7(5)4-17/h3,9H,2,4,17H2,1H3. The van der Waals surface area contributed by atoms with E-state index < -0.39 is 41.9 Å². The molecule has 0 saturated carbocycles. The van der Waals surface area contributed by atoms with Crippen LogP contribution in [0.3, 0.4) is 0 Å². The number of esters is 1. The van der Waals surface area contributed by atoms with Crippen molar-refractivity contribution in [1.29, 1.82) is 0 Å². The second kappa shape index (κ2) is 6.12. The first-order valence-electron chi connectivity index (χ1n) is 5.48. The van der Waals surface area contributed by atoms with Crippen molar-refractivity contribution in [2.24, 2.45) is 5.73 Å². The molecule has 0 saturated heterocycles.